The largest absolute Gasteiger partial charge is 0.493 e. The number of carbonyl (C=O) groups is 1. The van der Waals surface area contributed by atoms with E-state index in [1.54, 1.807) is 7.11 Å². The minimum Gasteiger partial charge on any atom is -0.493 e. The van der Waals surface area contributed by atoms with Crippen molar-refractivity contribution in [3.8, 4) is 5.75 Å². The maximum atomic E-state index is 11.2. The van der Waals surface area contributed by atoms with Gasteiger partial charge in [0.1, 0.15) is 11.4 Å². The molecule has 0 radical (unpaired) electrons. The Morgan fingerprint density at radius 1 is 1.24 bits per heavy atom. The number of carbonyl (C=O) groups excluding carboxylic acids is 1. The molecule has 0 saturated heterocycles. The van der Waals surface area contributed by atoms with Crippen LogP contribution in [-0.2, 0) is 15.9 Å². The van der Waals surface area contributed by atoms with Gasteiger partial charge in [0.25, 0.3) is 0 Å². The molecule has 0 atom stereocenters. The summed E-state index contributed by atoms with van der Waals surface area (Å²) in [5, 5.41) is 2.13. The van der Waals surface area contributed by atoms with Gasteiger partial charge in [-0.2, -0.15) is 0 Å². The van der Waals surface area contributed by atoms with Crippen LogP contribution in [0.2, 0.25) is 0 Å². The molecule has 0 spiro atoms. The Morgan fingerprint density at radius 2 is 1.96 bits per heavy atom. The highest BCUT2D eigenvalue weighted by Gasteiger charge is 2.47. The molecule has 0 aromatic heterocycles. The first-order valence-corrected chi connectivity index (χ1v) is 9.14. The van der Waals surface area contributed by atoms with Crippen molar-refractivity contribution in [3.63, 3.8) is 0 Å². The Morgan fingerprint density at radius 3 is 2.60 bits per heavy atom. The smallest absolute Gasteiger partial charge is 0.405 e. The van der Waals surface area contributed by atoms with Gasteiger partial charge in [0.2, 0.25) is 0 Å². The van der Waals surface area contributed by atoms with Gasteiger partial charge < -0.3 is 19.9 Å². The lowest BCUT2D eigenvalue weighted by Gasteiger charge is -2.19. The predicted octanol–water partition coefficient (Wildman–Crippen LogP) is 4.19. The fraction of sp³-hybridized carbons (Fsp3) is 0.421. The molecule has 5 nitrogen and oxygen atoms in total. The zero-order valence-electron chi connectivity index (χ0n) is 14.2. The highest BCUT2D eigenvalue weighted by atomic mass is 79.9. The van der Waals surface area contributed by atoms with Crippen LogP contribution < -0.4 is 10.5 Å². The van der Waals surface area contributed by atoms with Crippen LogP contribution in [0.25, 0.3) is 10.8 Å². The van der Waals surface area contributed by atoms with Crippen LogP contribution in [-0.4, -0.2) is 32.0 Å². The Bertz CT molecular complexity index is 773. The second-order valence-corrected chi connectivity index (χ2v) is 7.16. The summed E-state index contributed by atoms with van der Waals surface area (Å²) in [4.78, 5) is 11.2. The highest BCUT2D eigenvalue weighted by Crippen LogP contribution is 2.45. The van der Waals surface area contributed by atoms with Crippen molar-refractivity contribution in [2.45, 2.75) is 31.3 Å². The molecule has 3 rings (SSSR count). The quantitative estimate of drug-likeness (QED) is 0.665. The molecule has 134 valence electrons. The number of amides is 1. The normalized spacial score (nSPS) is 15.1. The van der Waals surface area contributed by atoms with Crippen molar-refractivity contribution in [1.82, 2.24) is 0 Å². The topological polar surface area (TPSA) is 70.8 Å². The SMILES string of the molecule is COCCCOc1cc(CC2(OC(N)=O)CC2)c(Br)c2ccccc12. The van der Waals surface area contributed by atoms with Gasteiger partial charge in [-0.25, -0.2) is 4.79 Å². The molecule has 0 bridgehead atoms. The number of fused-ring (bicyclic) bond motifs is 1. The fourth-order valence-electron chi connectivity index (χ4n) is 3.01. The number of nitrogens with two attached hydrogens (primary N) is 1. The van der Waals surface area contributed by atoms with Crippen molar-refractivity contribution in [1.29, 1.82) is 0 Å². The van der Waals surface area contributed by atoms with Gasteiger partial charge in [-0.15, -0.1) is 0 Å². The molecule has 1 fully saturated rings. The summed E-state index contributed by atoms with van der Waals surface area (Å²) in [6, 6.07) is 10.1. The maximum absolute atomic E-state index is 11.2. The van der Waals surface area contributed by atoms with Crippen LogP contribution in [0.1, 0.15) is 24.8 Å². The summed E-state index contributed by atoms with van der Waals surface area (Å²) in [5.41, 5.74) is 5.80. The van der Waals surface area contributed by atoms with Crippen LogP contribution in [0.4, 0.5) is 4.79 Å². The number of hydrogen-bond donors (Lipinski definition) is 1. The van der Waals surface area contributed by atoms with Crippen LogP contribution in [0.3, 0.4) is 0 Å². The van der Waals surface area contributed by atoms with E-state index in [4.69, 9.17) is 19.9 Å². The molecule has 2 aromatic rings. The van der Waals surface area contributed by atoms with E-state index in [0.29, 0.717) is 19.6 Å². The van der Waals surface area contributed by atoms with Gasteiger partial charge in [0, 0.05) is 36.4 Å². The van der Waals surface area contributed by atoms with Crippen LogP contribution >= 0.6 is 15.9 Å². The molecule has 0 unspecified atom stereocenters. The molecule has 2 N–H and O–H groups in total. The van der Waals surface area contributed by atoms with Crippen LogP contribution in [0, 0.1) is 0 Å². The maximum Gasteiger partial charge on any atom is 0.405 e. The van der Waals surface area contributed by atoms with Gasteiger partial charge in [0.05, 0.1) is 6.61 Å². The molecule has 2 aromatic carbocycles. The lowest BCUT2D eigenvalue weighted by Crippen LogP contribution is -2.26. The molecule has 25 heavy (non-hydrogen) atoms. The number of rotatable bonds is 8. The zero-order valence-corrected chi connectivity index (χ0v) is 15.8. The van der Waals surface area contributed by atoms with Crippen molar-refractivity contribution < 1.29 is 19.0 Å². The van der Waals surface area contributed by atoms with Crippen molar-refractivity contribution in [3.05, 3.63) is 40.4 Å². The molecule has 1 aliphatic rings. The highest BCUT2D eigenvalue weighted by molar-refractivity contribution is 9.10. The standard InChI is InChI=1S/C19H22BrNO4/c1-23-9-4-10-24-16-11-13(12-19(7-8-19)25-18(21)22)17(20)15-6-3-2-5-14(15)16/h2-3,5-6,11H,4,7-10,12H2,1H3,(H2,21,22). The van der Waals surface area contributed by atoms with Crippen molar-refractivity contribution in [2.75, 3.05) is 20.3 Å². The second-order valence-electron chi connectivity index (χ2n) is 6.37. The number of methoxy groups -OCH3 is 1. The summed E-state index contributed by atoms with van der Waals surface area (Å²) < 4.78 is 17.4. The Kier molecular flexibility index (Phi) is 5.49. The molecule has 0 heterocycles. The van der Waals surface area contributed by atoms with Gasteiger partial charge in [0.15, 0.2) is 0 Å². The lowest BCUT2D eigenvalue weighted by atomic mass is 10.0. The predicted molar refractivity (Wildman–Crippen MR) is 100.0 cm³/mol. The van der Waals surface area contributed by atoms with E-state index < -0.39 is 11.7 Å². The van der Waals surface area contributed by atoms with E-state index in [0.717, 1.165) is 45.8 Å². The van der Waals surface area contributed by atoms with E-state index >= 15 is 0 Å². The van der Waals surface area contributed by atoms with Crippen molar-refractivity contribution >= 4 is 32.8 Å². The monoisotopic (exact) mass is 407 g/mol. The minimum atomic E-state index is -0.717. The minimum absolute atomic E-state index is 0.468. The average molecular weight is 408 g/mol. The molecule has 0 aliphatic heterocycles. The van der Waals surface area contributed by atoms with E-state index in [-0.39, 0.29) is 0 Å². The molecule has 1 amide bonds. The molecular formula is C19H22BrNO4. The van der Waals surface area contributed by atoms with E-state index in [1.165, 1.54) is 0 Å². The molecule has 1 saturated carbocycles. The Labute approximate surface area is 155 Å². The molecular weight excluding hydrogens is 386 g/mol. The van der Waals surface area contributed by atoms with Gasteiger partial charge in [-0.3, -0.25) is 0 Å². The third-order valence-electron chi connectivity index (χ3n) is 4.40. The lowest BCUT2D eigenvalue weighted by molar-refractivity contribution is 0.0910. The fourth-order valence-corrected chi connectivity index (χ4v) is 3.61. The third kappa shape index (κ3) is 4.25. The third-order valence-corrected chi connectivity index (χ3v) is 5.34. The molecule has 1 aliphatic carbocycles. The number of primary amides is 1. The van der Waals surface area contributed by atoms with Crippen LogP contribution in [0.15, 0.2) is 34.8 Å². The second kappa shape index (κ2) is 7.62. The van der Waals surface area contributed by atoms with Crippen molar-refractivity contribution in [2.24, 2.45) is 5.73 Å². The van der Waals surface area contributed by atoms with E-state index in [9.17, 15) is 4.79 Å². The van der Waals surface area contributed by atoms with Gasteiger partial charge >= 0.3 is 6.09 Å². The zero-order chi connectivity index (χ0) is 17.9. The van der Waals surface area contributed by atoms with E-state index in [1.807, 2.05) is 24.3 Å². The van der Waals surface area contributed by atoms with Gasteiger partial charge in [-0.05, 0) is 45.8 Å². The Hall–Kier alpha value is -1.79. The Balaban J connectivity index is 1.90. The first kappa shape index (κ1) is 18.0. The number of hydrogen-bond acceptors (Lipinski definition) is 4. The summed E-state index contributed by atoms with van der Waals surface area (Å²) in [6.45, 7) is 1.25. The number of ether oxygens (including phenoxy) is 3. The summed E-state index contributed by atoms with van der Waals surface area (Å²) in [6.07, 6.45) is 2.39. The van der Waals surface area contributed by atoms with Crippen LogP contribution in [0.5, 0.6) is 5.75 Å². The first-order valence-electron chi connectivity index (χ1n) is 8.35. The molecule has 6 heteroatoms. The number of benzene rings is 2. The average Bonchev–Trinajstić information content (AvgIpc) is 3.33. The number of halogens is 1. The first-order chi connectivity index (χ1) is 12.0. The summed E-state index contributed by atoms with van der Waals surface area (Å²) in [5.74, 6) is 0.833. The summed E-state index contributed by atoms with van der Waals surface area (Å²) >= 11 is 3.71. The summed E-state index contributed by atoms with van der Waals surface area (Å²) in [7, 11) is 1.68. The van der Waals surface area contributed by atoms with Gasteiger partial charge in [-0.1, -0.05) is 24.3 Å². The van der Waals surface area contributed by atoms with E-state index in [2.05, 4.69) is 22.0 Å².